The van der Waals surface area contributed by atoms with Gasteiger partial charge in [0.2, 0.25) is 11.9 Å². The molecule has 0 saturated carbocycles. The van der Waals surface area contributed by atoms with Crippen molar-refractivity contribution in [3.05, 3.63) is 36.0 Å². The van der Waals surface area contributed by atoms with Crippen molar-refractivity contribution in [1.29, 1.82) is 5.26 Å². The second kappa shape index (κ2) is 6.91. The minimum atomic E-state index is 0.0879. The fraction of sp³-hybridized carbons (Fsp3) is 0.312. The van der Waals surface area contributed by atoms with Crippen molar-refractivity contribution in [2.75, 3.05) is 36.4 Å². The van der Waals surface area contributed by atoms with Gasteiger partial charge in [-0.3, -0.25) is 4.79 Å². The predicted molar refractivity (Wildman–Crippen MR) is 88.7 cm³/mol. The summed E-state index contributed by atoms with van der Waals surface area (Å²) in [6, 6.07) is 9.17. The monoisotopic (exact) mass is 323 g/mol. The van der Waals surface area contributed by atoms with E-state index in [-0.39, 0.29) is 5.91 Å². The van der Waals surface area contributed by atoms with Crippen LogP contribution in [0.4, 0.5) is 17.5 Å². The molecule has 0 bridgehead atoms. The topological polar surface area (TPSA) is 98.0 Å². The first-order valence-corrected chi connectivity index (χ1v) is 7.63. The smallest absolute Gasteiger partial charge is 0.247 e. The van der Waals surface area contributed by atoms with Crippen LogP contribution in [0.15, 0.2) is 30.5 Å². The molecule has 3 rings (SSSR count). The van der Waals surface area contributed by atoms with Gasteiger partial charge in [-0.05, 0) is 24.3 Å². The van der Waals surface area contributed by atoms with E-state index in [1.807, 2.05) is 21.9 Å². The molecule has 2 aromatic rings. The lowest BCUT2D eigenvalue weighted by atomic mass is 10.2. The van der Waals surface area contributed by atoms with Crippen molar-refractivity contribution in [3.8, 4) is 6.07 Å². The van der Waals surface area contributed by atoms with E-state index in [2.05, 4.69) is 26.6 Å². The van der Waals surface area contributed by atoms with Crippen LogP contribution in [0.1, 0.15) is 12.5 Å². The molecule has 1 aromatic heterocycles. The molecule has 8 nitrogen and oxygen atoms in total. The van der Waals surface area contributed by atoms with Gasteiger partial charge in [0.25, 0.3) is 0 Å². The number of piperazine rings is 1. The summed E-state index contributed by atoms with van der Waals surface area (Å²) >= 11 is 0. The van der Waals surface area contributed by atoms with Crippen molar-refractivity contribution in [1.82, 2.24) is 20.1 Å². The summed E-state index contributed by atoms with van der Waals surface area (Å²) in [4.78, 5) is 19.7. The number of hydrogen-bond acceptors (Lipinski definition) is 7. The van der Waals surface area contributed by atoms with E-state index in [0.29, 0.717) is 43.5 Å². The predicted octanol–water partition coefficient (Wildman–Crippen LogP) is 1.16. The Kier molecular flexibility index (Phi) is 4.52. The third-order valence-corrected chi connectivity index (χ3v) is 3.84. The third kappa shape index (κ3) is 3.57. The number of anilines is 3. The zero-order valence-electron chi connectivity index (χ0n) is 13.3. The molecule has 1 amide bonds. The Hall–Kier alpha value is -3.21. The zero-order valence-corrected chi connectivity index (χ0v) is 13.3. The summed E-state index contributed by atoms with van der Waals surface area (Å²) in [5.41, 5.74) is 1.42. The van der Waals surface area contributed by atoms with E-state index in [1.165, 1.54) is 0 Å². The fourth-order valence-electron chi connectivity index (χ4n) is 2.49. The van der Waals surface area contributed by atoms with Gasteiger partial charge in [-0.2, -0.15) is 15.3 Å². The summed E-state index contributed by atoms with van der Waals surface area (Å²) in [6.45, 7) is 4.26. The van der Waals surface area contributed by atoms with Gasteiger partial charge in [-0.25, -0.2) is 0 Å². The molecule has 0 atom stereocenters. The van der Waals surface area contributed by atoms with Gasteiger partial charge < -0.3 is 15.1 Å². The first-order valence-electron chi connectivity index (χ1n) is 7.63. The van der Waals surface area contributed by atoms with Gasteiger partial charge in [-0.15, -0.1) is 5.10 Å². The molecule has 1 fully saturated rings. The van der Waals surface area contributed by atoms with Crippen molar-refractivity contribution < 1.29 is 4.79 Å². The highest BCUT2D eigenvalue weighted by Gasteiger charge is 2.20. The number of nitrogens with one attached hydrogen (secondary N) is 1. The molecule has 0 spiro atoms. The first-order chi connectivity index (χ1) is 11.7. The minimum Gasteiger partial charge on any atom is -0.339 e. The Morgan fingerprint density at radius 3 is 2.54 bits per heavy atom. The van der Waals surface area contributed by atoms with E-state index in [0.717, 1.165) is 5.69 Å². The number of hydrogen-bond donors (Lipinski definition) is 1. The average molecular weight is 323 g/mol. The molecular formula is C16H17N7O. The maximum atomic E-state index is 11.4. The van der Waals surface area contributed by atoms with Crippen molar-refractivity contribution in [2.45, 2.75) is 6.92 Å². The Morgan fingerprint density at radius 2 is 1.92 bits per heavy atom. The highest BCUT2D eigenvalue weighted by molar-refractivity contribution is 5.73. The molecule has 0 radical (unpaired) electrons. The maximum absolute atomic E-state index is 11.4. The van der Waals surface area contributed by atoms with Gasteiger partial charge in [0.15, 0.2) is 5.82 Å². The molecule has 1 saturated heterocycles. The largest absolute Gasteiger partial charge is 0.339 e. The summed E-state index contributed by atoms with van der Waals surface area (Å²) in [7, 11) is 0. The molecule has 122 valence electrons. The van der Waals surface area contributed by atoms with Crippen LogP contribution in [0.3, 0.4) is 0 Å². The van der Waals surface area contributed by atoms with Gasteiger partial charge >= 0.3 is 0 Å². The number of amides is 1. The van der Waals surface area contributed by atoms with Crippen LogP contribution >= 0.6 is 0 Å². The second-order valence-electron chi connectivity index (χ2n) is 5.45. The van der Waals surface area contributed by atoms with Gasteiger partial charge in [0, 0.05) is 38.8 Å². The van der Waals surface area contributed by atoms with Crippen LogP contribution < -0.4 is 10.2 Å². The molecular weight excluding hydrogens is 306 g/mol. The lowest BCUT2D eigenvalue weighted by Crippen LogP contribution is -2.48. The van der Waals surface area contributed by atoms with Crippen molar-refractivity contribution in [3.63, 3.8) is 0 Å². The van der Waals surface area contributed by atoms with Crippen molar-refractivity contribution >= 4 is 23.4 Å². The van der Waals surface area contributed by atoms with Crippen LogP contribution in [0.25, 0.3) is 0 Å². The van der Waals surface area contributed by atoms with Crippen molar-refractivity contribution in [2.24, 2.45) is 0 Å². The van der Waals surface area contributed by atoms with Crippen LogP contribution in [0, 0.1) is 11.3 Å². The molecule has 1 aromatic carbocycles. The SMILES string of the molecule is CC(=O)N1CCN(c2nncc(Nc3ccc(C#N)cc3)n2)CC1. The van der Waals surface area contributed by atoms with Gasteiger partial charge in [-0.1, -0.05) is 0 Å². The highest BCUT2D eigenvalue weighted by Crippen LogP contribution is 2.17. The fourth-order valence-corrected chi connectivity index (χ4v) is 2.49. The molecule has 24 heavy (non-hydrogen) atoms. The first kappa shape index (κ1) is 15.7. The number of rotatable bonds is 3. The molecule has 8 heteroatoms. The average Bonchev–Trinajstić information content (AvgIpc) is 2.63. The van der Waals surface area contributed by atoms with E-state index in [4.69, 9.17) is 5.26 Å². The Labute approximate surface area is 139 Å². The summed E-state index contributed by atoms with van der Waals surface area (Å²) < 4.78 is 0. The van der Waals surface area contributed by atoms with Crippen LogP contribution in [-0.2, 0) is 4.79 Å². The van der Waals surface area contributed by atoms with E-state index < -0.39 is 0 Å². The van der Waals surface area contributed by atoms with Crippen LogP contribution in [0.5, 0.6) is 0 Å². The lowest BCUT2D eigenvalue weighted by molar-refractivity contribution is -0.129. The Morgan fingerprint density at radius 1 is 1.21 bits per heavy atom. The normalized spacial score (nSPS) is 14.2. The summed E-state index contributed by atoms with van der Waals surface area (Å²) in [6.07, 6.45) is 1.55. The standard InChI is InChI=1S/C16H17N7O/c1-12(24)22-6-8-23(9-7-22)16-20-15(11-18-21-16)19-14-4-2-13(10-17)3-5-14/h2-5,11H,6-9H2,1H3,(H,19,20,21). The Bertz CT molecular complexity index is 761. The number of aromatic nitrogens is 3. The molecule has 1 N–H and O–H groups in total. The van der Waals surface area contributed by atoms with E-state index in [1.54, 1.807) is 25.3 Å². The number of nitriles is 1. The molecule has 0 aliphatic carbocycles. The minimum absolute atomic E-state index is 0.0879. The second-order valence-corrected chi connectivity index (χ2v) is 5.45. The van der Waals surface area contributed by atoms with E-state index in [9.17, 15) is 4.79 Å². The number of carbonyl (C=O) groups is 1. The van der Waals surface area contributed by atoms with Crippen LogP contribution in [0.2, 0.25) is 0 Å². The number of nitrogens with zero attached hydrogens (tertiary/aromatic N) is 6. The maximum Gasteiger partial charge on any atom is 0.247 e. The zero-order chi connectivity index (χ0) is 16.9. The van der Waals surface area contributed by atoms with Gasteiger partial charge in [0.1, 0.15) is 0 Å². The van der Waals surface area contributed by atoms with Gasteiger partial charge in [0.05, 0.1) is 17.8 Å². The third-order valence-electron chi connectivity index (χ3n) is 3.84. The van der Waals surface area contributed by atoms with E-state index >= 15 is 0 Å². The molecule has 1 aliphatic heterocycles. The summed E-state index contributed by atoms with van der Waals surface area (Å²) in [5.74, 6) is 1.21. The number of benzene rings is 1. The Balaban J connectivity index is 1.68. The highest BCUT2D eigenvalue weighted by atomic mass is 16.2. The molecule has 2 heterocycles. The molecule has 0 unspecified atom stereocenters. The summed E-state index contributed by atoms with van der Waals surface area (Å²) in [5, 5.41) is 20.0. The quantitative estimate of drug-likeness (QED) is 0.905. The lowest BCUT2D eigenvalue weighted by Gasteiger charge is -2.33. The van der Waals surface area contributed by atoms with Crippen LogP contribution in [-0.4, -0.2) is 52.2 Å². The molecule has 1 aliphatic rings. The number of carbonyl (C=O) groups excluding carboxylic acids is 1.